The van der Waals surface area contributed by atoms with Gasteiger partial charge in [-0.2, -0.15) is 4.52 Å². The summed E-state index contributed by atoms with van der Waals surface area (Å²) in [5.41, 5.74) is 2.19. The Morgan fingerprint density at radius 3 is 2.48 bits per heavy atom. The molecule has 0 saturated carbocycles. The third kappa shape index (κ3) is 4.89. The lowest BCUT2D eigenvalue weighted by Gasteiger charge is -2.10. The first kappa shape index (κ1) is 22.5. The highest BCUT2D eigenvalue weighted by Crippen LogP contribution is 2.32. The fourth-order valence-corrected chi connectivity index (χ4v) is 4.15. The quantitative estimate of drug-likeness (QED) is 0.372. The van der Waals surface area contributed by atoms with Crippen molar-refractivity contribution in [3.05, 3.63) is 60.2 Å². The lowest BCUT2D eigenvalue weighted by atomic mass is 10.2. The Morgan fingerprint density at radius 2 is 1.76 bits per heavy atom. The number of ether oxygens (including phenoxy) is 3. The van der Waals surface area contributed by atoms with Gasteiger partial charge < -0.3 is 14.2 Å². The molecule has 0 aliphatic carbocycles. The lowest BCUT2D eigenvalue weighted by molar-refractivity contribution is 0.306. The van der Waals surface area contributed by atoms with Gasteiger partial charge in [0.05, 0.1) is 24.7 Å². The van der Waals surface area contributed by atoms with E-state index in [1.807, 2.05) is 13.0 Å². The second kappa shape index (κ2) is 9.43. The minimum Gasteiger partial charge on any atom is -0.497 e. The van der Waals surface area contributed by atoms with E-state index < -0.39 is 10.0 Å². The van der Waals surface area contributed by atoms with Gasteiger partial charge in [-0.15, -0.1) is 15.3 Å². The van der Waals surface area contributed by atoms with Crippen LogP contribution >= 0.6 is 0 Å². The molecule has 2 aromatic heterocycles. The summed E-state index contributed by atoms with van der Waals surface area (Å²) < 4.78 is 45.2. The van der Waals surface area contributed by atoms with Crippen LogP contribution in [0.1, 0.15) is 5.56 Å². The summed E-state index contributed by atoms with van der Waals surface area (Å²) in [6.07, 6.45) is 0. The molecule has 0 unspecified atom stereocenters. The molecule has 1 N–H and O–H groups in total. The Labute approximate surface area is 191 Å². The number of rotatable bonds is 9. The molecule has 11 heteroatoms. The standard InChI is InChI=1S/C22H23N5O5S/c1-15-4-7-17(8-5-15)33(28,29)23-12-13-32-21-11-10-20-24-25-22(27(20)26-21)18-9-6-16(30-2)14-19(18)31-3/h4-11,14,23H,12-13H2,1-3H3. The molecule has 0 saturated heterocycles. The summed E-state index contributed by atoms with van der Waals surface area (Å²) in [6, 6.07) is 15.3. The van der Waals surface area contributed by atoms with Crippen LogP contribution in [-0.2, 0) is 10.0 Å². The van der Waals surface area contributed by atoms with Crippen LogP contribution in [0.25, 0.3) is 17.0 Å². The predicted octanol–water partition coefficient (Wildman–Crippen LogP) is 2.47. The smallest absolute Gasteiger partial charge is 0.240 e. The number of hydrogen-bond acceptors (Lipinski definition) is 8. The number of aromatic nitrogens is 4. The van der Waals surface area contributed by atoms with Gasteiger partial charge in [-0.1, -0.05) is 17.7 Å². The first-order chi connectivity index (χ1) is 15.9. The monoisotopic (exact) mass is 469 g/mol. The van der Waals surface area contributed by atoms with E-state index in [0.717, 1.165) is 5.56 Å². The Morgan fingerprint density at radius 1 is 0.970 bits per heavy atom. The van der Waals surface area contributed by atoms with E-state index in [4.69, 9.17) is 14.2 Å². The summed E-state index contributed by atoms with van der Waals surface area (Å²) in [7, 11) is -0.480. The maximum atomic E-state index is 12.4. The van der Waals surface area contributed by atoms with E-state index in [2.05, 4.69) is 20.0 Å². The van der Waals surface area contributed by atoms with E-state index in [1.165, 1.54) is 4.52 Å². The van der Waals surface area contributed by atoms with Crippen molar-refractivity contribution in [1.82, 2.24) is 24.5 Å². The van der Waals surface area contributed by atoms with Crippen molar-refractivity contribution in [3.8, 4) is 28.8 Å². The van der Waals surface area contributed by atoms with Crippen LogP contribution in [0.4, 0.5) is 0 Å². The summed E-state index contributed by atoms with van der Waals surface area (Å²) in [6.45, 7) is 2.07. The molecule has 10 nitrogen and oxygen atoms in total. The van der Waals surface area contributed by atoms with E-state index >= 15 is 0 Å². The van der Waals surface area contributed by atoms with Crippen molar-refractivity contribution in [3.63, 3.8) is 0 Å². The van der Waals surface area contributed by atoms with Gasteiger partial charge in [-0.3, -0.25) is 0 Å². The average molecular weight is 470 g/mol. The fourth-order valence-electron chi connectivity index (χ4n) is 3.13. The van der Waals surface area contributed by atoms with Crippen molar-refractivity contribution in [2.45, 2.75) is 11.8 Å². The third-order valence-electron chi connectivity index (χ3n) is 4.86. The van der Waals surface area contributed by atoms with Crippen molar-refractivity contribution in [2.24, 2.45) is 0 Å². The SMILES string of the molecule is COc1ccc(-c2nnc3ccc(OCCNS(=O)(=O)c4ccc(C)cc4)nn23)c(OC)c1. The molecule has 2 aromatic carbocycles. The molecule has 33 heavy (non-hydrogen) atoms. The molecule has 2 heterocycles. The first-order valence-corrected chi connectivity index (χ1v) is 11.5. The van der Waals surface area contributed by atoms with Crippen LogP contribution in [0.2, 0.25) is 0 Å². The maximum Gasteiger partial charge on any atom is 0.240 e. The number of methoxy groups -OCH3 is 2. The summed E-state index contributed by atoms with van der Waals surface area (Å²) in [5.74, 6) is 1.97. The van der Waals surface area contributed by atoms with Gasteiger partial charge in [0, 0.05) is 18.7 Å². The normalized spacial score (nSPS) is 11.5. The van der Waals surface area contributed by atoms with E-state index in [0.29, 0.717) is 34.4 Å². The number of fused-ring (bicyclic) bond motifs is 1. The Bertz CT molecular complexity index is 1370. The molecule has 0 radical (unpaired) electrons. The molecule has 0 amide bonds. The van der Waals surface area contributed by atoms with Crippen LogP contribution in [0.15, 0.2) is 59.5 Å². The zero-order valence-electron chi connectivity index (χ0n) is 18.3. The molecule has 0 aliphatic heterocycles. The Kier molecular flexibility index (Phi) is 6.43. The number of benzene rings is 2. The fraction of sp³-hybridized carbons (Fsp3) is 0.227. The second-order valence-electron chi connectivity index (χ2n) is 7.09. The van der Waals surface area contributed by atoms with Crippen LogP contribution < -0.4 is 18.9 Å². The molecular formula is C22H23N5O5S. The van der Waals surface area contributed by atoms with Gasteiger partial charge in [0.1, 0.15) is 18.1 Å². The molecule has 0 spiro atoms. The molecular weight excluding hydrogens is 446 g/mol. The van der Waals surface area contributed by atoms with Gasteiger partial charge in [-0.05, 0) is 37.3 Å². The molecule has 4 aromatic rings. The van der Waals surface area contributed by atoms with Gasteiger partial charge >= 0.3 is 0 Å². The number of nitrogens with zero attached hydrogens (tertiary/aromatic N) is 4. The lowest BCUT2D eigenvalue weighted by Crippen LogP contribution is -2.28. The first-order valence-electron chi connectivity index (χ1n) is 10.1. The molecule has 0 fully saturated rings. The summed E-state index contributed by atoms with van der Waals surface area (Å²) >= 11 is 0. The van der Waals surface area contributed by atoms with Gasteiger partial charge in [0.25, 0.3) is 0 Å². The van der Waals surface area contributed by atoms with Crippen molar-refractivity contribution in [1.29, 1.82) is 0 Å². The highest BCUT2D eigenvalue weighted by molar-refractivity contribution is 7.89. The third-order valence-corrected chi connectivity index (χ3v) is 6.34. The van der Waals surface area contributed by atoms with Crippen LogP contribution in [0.5, 0.6) is 17.4 Å². The van der Waals surface area contributed by atoms with Crippen molar-refractivity contribution in [2.75, 3.05) is 27.4 Å². The Balaban J connectivity index is 1.47. The number of aryl methyl sites for hydroxylation is 1. The van der Waals surface area contributed by atoms with E-state index in [9.17, 15) is 8.42 Å². The minimum absolute atomic E-state index is 0.0806. The van der Waals surface area contributed by atoms with Crippen LogP contribution in [0.3, 0.4) is 0 Å². The number of sulfonamides is 1. The molecule has 4 rings (SSSR count). The second-order valence-corrected chi connectivity index (χ2v) is 8.86. The maximum absolute atomic E-state index is 12.4. The molecule has 0 atom stereocenters. The number of nitrogens with one attached hydrogen (secondary N) is 1. The summed E-state index contributed by atoms with van der Waals surface area (Å²) in [4.78, 5) is 0.204. The molecule has 172 valence electrons. The molecule has 0 bridgehead atoms. The van der Waals surface area contributed by atoms with Gasteiger partial charge in [0.2, 0.25) is 15.9 Å². The zero-order chi connectivity index (χ0) is 23.4. The minimum atomic E-state index is -3.61. The largest absolute Gasteiger partial charge is 0.497 e. The van der Waals surface area contributed by atoms with Gasteiger partial charge in [-0.25, -0.2) is 13.1 Å². The molecule has 0 aliphatic rings. The highest BCUT2D eigenvalue weighted by Gasteiger charge is 2.16. The zero-order valence-corrected chi connectivity index (χ0v) is 19.2. The summed E-state index contributed by atoms with van der Waals surface area (Å²) in [5, 5.41) is 12.8. The van der Waals surface area contributed by atoms with E-state index in [1.54, 1.807) is 62.8 Å². The van der Waals surface area contributed by atoms with Gasteiger partial charge in [0.15, 0.2) is 11.5 Å². The topological polar surface area (TPSA) is 117 Å². The highest BCUT2D eigenvalue weighted by atomic mass is 32.2. The van der Waals surface area contributed by atoms with Crippen molar-refractivity contribution >= 4 is 15.7 Å². The van der Waals surface area contributed by atoms with E-state index in [-0.39, 0.29) is 18.0 Å². The number of hydrogen-bond donors (Lipinski definition) is 1. The van der Waals surface area contributed by atoms with Crippen molar-refractivity contribution < 1.29 is 22.6 Å². The average Bonchev–Trinajstić information content (AvgIpc) is 3.24. The van der Waals surface area contributed by atoms with Crippen LogP contribution in [-0.4, -0.2) is 55.6 Å². The van der Waals surface area contributed by atoms with Crippen LogP contribution in [0, 0.1) is 6.92 Å². The Hall–Kier alpha value is -3.70. The predicted molar refractivity (Wildman–Crippen MR) is 121 cm³/mol.